The number of anilines is 1. The van der Waals surface area contributed by atoms with Crippen molar-refractivity contribution in [1.29, 1.82) is 0 Å². The average molecular weight is 633 g/mol. The number of hydrogen-bond acceptors (Lipinski definition) is 7. The van der Waals surface area contributed by atoms with E-state index in [1.165, 1.54) is 6.07 Å². The summed E-state index contributed by atoms with van der Waals surface area (Å²) in [5.41, 5.74) is 3.13. The van der Waals surface area contributed by atoms with Crippen molar-refractivity contribution in [2.75, 3.05) is 58.3 Å². The Labute approximate surface area is 265 Å². The van der Waals surface area contributed by atoms with Crippen LogP contribution in [-0.4, -0.2) is 88.8 Å². The predicted octanol–water partition coefficient (Wildman–Crippen LogP) is 5.41. The number of ether oxygens (including phenoxy) is 2. The first kappa shape index (κ1) is 30.5. The molecule has 0 saturated carbocycles. The number of benzene rings is 2. The number of rotatable bonds is 7. The second-order valence-electron chi connectivity index (χ2n) is 12.6. The van der Waals surface area contributed by atoms with Crippen molar-refractivity contribution in [2.45, 2.75) is 38.0 Å². The van der Waals surface area contributed by atoms with Gasteiger partial charge in [-0.3, -0.25) is 4.90 Å². The van der Waals surface area contributed by atoms with E-state index < -0.39 is 12.0 Å². The number of hydrogen-bond donors (Lipinski definition) is 3. The SMILES string of the molecule is C[C@H]1c2cc(Oc3ccnc4[nH]c(C5(O)COC5)cc34)ccc2CCN1C(=O)Nc1ccc(CN2CCN(C)CC2)c(C(F)F)c1. The number of carbonyl (C=O) groups is 1. The molecule has 0 unspecified atom stereocenters. The Balaban J connectivity index is 1.06. The van der Waals surface area contributed by atoms with E-state index in [1.54, 1.807) is 29.3 Å². The van der Waals surface area contributed by atoms with Gasteiger partial charge in [-0.2, -0.15) is 0 Å². The monoisotopic (exact) mass is 632 g/mol. The first-order valence-electron chi connectivity index (χ1n) is 15.7. The molecule has 5 heterocycles. The summed E-state index contributed by atoms with van der Waals surface area (Å²) in [6.07, 6.45) is -0.346. The molecule has 0 radical (unpaired) electrons. The maximum absolute atomic E-state index is 14.1. The number of pyridine rings is 1. The third-order valence-corrected chi connectivity index (χ3v) is 9.44. The van der Waals surface area contributed by atoms with Crippen molar-refractivity contribution < 1.29 is 28.2 Å². The average Bonchev–Trinajstić information content (AvgIpc) is 3.48. The molecule has 0 aliphatic carbocycles. The zero-order valence-corrected chi connectivity index (χ0v) is 25.9. The zero-order chi connectivity index (χ0) is 32.0. The van der Waals surface area contributed by atoms with Gasteiger partial charge in [0.25, 0.3) is 6.43 Å². The minimum atomic E-state index is -2.64. The van der Waals surface area contributed by atoms with Gasteiger partial charge in [0, 0.05) is 56.7 Å². The van der Waals surface area contributed by atoms with Gasteiger partial charge in [-0.15, -0.1) is 0 Å². The molecule has 12 heteroatoms. The molecular weight excluding hydrogens is 594 g/mol. The summed E-state index contributed by atoms with van der Waals surface area (Å²) < 4.78 is 39.7. The third-order valence-electron chi connectivity index (χ3n) is 9.44. The molecule has 7 rings (SSSR count). The van der Waals surface area contributed by atoms with Crippen LogP contribution >= 0.6 is 0 Å². The molecule has 242 valence electrons. The lowest BCUT2D eigenvalue weighted by atomic mass is 9.93. The first-order valence-corrected chi connectivity index (χ1v) is 15.7. The van der Waals surface area contributed by atoms with Crippen LogP contribution in [0.25, 0.3) is 11.0 Å². The van der Waals surface area contributed by atoms with Crippen molar-refractivity contribution in [3.05, 3.63) is 82.7 Å². The number of urea groups is 1. The number of piperazine rings is 1. The Bertz CT molecular complexity index is 1750. The molecule has 46 heavy (non-hydrogen) atoms. The van der Waals surface area contributed by atoms with E-state index in [4.69, 9.17) is 9.47 Å². The van der Waals surface area contributed by atoms with Crippen LogP contribution in [0.5, 0.6) is 11.5 Å². The van der Waals surface area contributed by atoms with Crippen molar-refractivity contribution in [1.82, 2.24) is 24.7 Å². The van der Waals surface area contributed by atoms with Gasteiger partial charge >= 0.3 is 6.03 Å². The number of halogens is 2. The number of aromatic amines is 1. The maximum Gasteiger partial charge on any atom is 0.322 e. The van der Waals surface area contributed by atoms with E-state index in [0.29, 0.717) is 53.6 Å². The molecule has 2 amide bonds. The summed E-state index contributed by atoms with van der Waals surface area (Å²) >= 11 is 0. The molecule has 2 aromatic heterocycles. The Morgan fingerprint density at radius 2 is 1.93 bits per heavy atom. The third kappa shape index (κ3) is 5.93. The largest absolute Gasteiger partial charge is 0.457 e. The molecule has 0 spiro atoms. The predicted molar refractivity (Wildman–Crippen MR) is 169 cm³/mol. The normalized spacial score (nSPS) is 20.0. The Morgan fingerprint density at radius 1 is 1.13 bits per heavy atom. The lowest BCUT2D eigenvalue weighted by molar-refractivity contribution is -0.186. The van der Waals surface area contributed by atoms with Crippen LogP contribution < -0.4 is 10.1 Å². The summed E-state index contributed by atoms with van der Waals surface area (Å²) in [5, 5.41) is 14.3. The highest BCUT2D eigenvalue weighted by Crippen LogP contribution is 2.38. The standard InChI is InChI=1S/C34H38F2N6O4/c1-21-26-16-25(46-29-7-9-37-32-28(29)17-30(39-32)34(44)19-45-20-34)6-4-22(26)8-10-42(21)33(43)38-24-5-3-23(27(15-24)31(35)36)18-41-13-11-40(2)12-14-41/h3-7,9,15-17,21,31,44H,8,10-14,18-20H2,1-2H3,(H,37,39)(H,38,43)/t21-/m0/s1. The second-order valence-corrected chi connectivity index (χ2v) is 12.6. The fraction of sp³-hybridized carbons (Fsp3) is 0.412. The van der Waals surface area contributed by atoms with E-state index >= 15 is 0 Å². The van der Waals surface area contributed by atoms with Gasteiger partial charge in [-0.25, -0.2) is 18.6 Å². The van der Waals surface area contributed by atoms with Crippen LogP contribution in [0.15, 0.2) is 54.7 Å². The minimum absolute atomic E-state index is 0.0505. The Kier molecular flexibility index (Phi) is 8.14. The van der Waals surface area contributed by atoms with Gasteiger partial charge in [0.1, 0.15) is 17.1 Å². The number of carbonyl (C=O) groups excluding carboxylic acids is 1. The van der Waals surface area contributed by atoms with Gasteiger partial charge in [-0.1, -0.05) is 12.1 Å². The van der Waals surface area contributed by atoms with Gasteiger partial charge in [-0.05, 0) is 73.5 Å². The van der Waals surface area contributed by atoms with Crippen LogP contribution in [0.3, 0.4) is 0 Å². The number of H-pyrrole nitrogens is 1. The van der Waals surface area contributed by atoms with E-state index in [1.807, 2.05) is 31.2 Å². The van der Waals surface area contributed by atoms with Crippen LogP contribution in [0.1, 0.15) is 47.3 Å². The lowest BCUT2D eigenvalue weighted by Gasteiger charge is -2.35. The molecule has 2 fully saturated rings. The van der Waals surface area contributed by atoms with Gasteiger partial charge < -0.3 is 34.7 Å². The maximum atomic E-state index is 14.1. The number of nitrogens with one attached hydrogen (secondary N) is 2. The minimum Gasteiger partial charge on any atom is -0.457 e. The van der Waals surface area contributed by atoms with E-state index in [0.717, 1.165) is 42.7 Å². The van der Waals surface area contributed by atoms with Gasteiger partial charge in [0.15, 0.2) is 5.60 Å². The van der Waals surface area contributed by atoms with E-state index in [9.17, 15) is 18.7 Å². The number of amides is 2. The van der Waals surface area contributed by atoms with Gasteiger partial charge in [0.05, 0.1) is 30.3 Å². The highest BCUT2D eigenvalue weighted by molar-refractivity contribution is 5.90. The summed E-state index contributed by atoms with van der Waals surface area (Å²) in [6.45, 7) is 6.83. The van der Waals surface area contributed by atoms with Crippen LogP contribution in [0, 0.1) is 0 Å². The number of fused-ring (bicyclic) bond motifs is 2. The van der Waals surface area contributed by atoms with E-state index in [2.05, 4.69) is 32.1 Å². The summed E-state index contributed by atoms with van der Waals surface area (Å²) in [4.78, 5) is 27.2. The number of nitrogens with zero attached hydrogens (tertiary/aromatic N) is 4. The van der Waals surface area contributed by atoms with Crippen molar-refractivity contribution >= 4 is 22.8 Å². The highest BCUT2D eigenvalue weighted by Gasteiger charge is 2.40. The topological polar surface area (TPSA) is 106 Å². The quantitative estimate of drug-likeness (QED) is 0.250. The molecule has 0 bridgehead atoms. The molecule has 4 aromatic rings. The number of aliphatic hydroxyl groups is 1. The highest BCUT2D eigenvalue weighted by atomic mass is 19.3. The lowest BCUT2D eigenvalue weighted by Crippen LogP contribution is -2.46. The molecule has 2 aromatic carbocycles. The second kappa shape index (κ2) is 12.3. The fourth-order valence-electron chi connectivity index (χ4n) is 6.52. The molecule has 3 aliphatic rings. The smallest absolute Gasteiger partial charge is 0.322 e. The van der Waals surface area contributed by atoms with Crippen LogP contribution in [0.4, 0.5) is 19.3 Å². The number of likely N-dealkylation sites (N-methyl/N-ethyl adjacent to an activating group) is 1. The van der Waals surface area contributed by atoms with E-state index in [-0.39, 0.29) is 30.9 Å². The van der Waals surface area contributed by atoms with Crippen LogP contribution in [-0.2, 0) is 23.3 Å². The Morgan fingerprint density at radius 3 is 2.67 bits per heavy atom. The fourth-order valence-corrected chi connectivity index (χ4v) is 6.52. The Hall–Kier alpha value is -4.10. The van der Waals surface area contributed by atoms with Crippen molar-refractivity contribution in [3.63, 3.8) is 0 Å². The summed E-state index contributed by atoms with van der Waals surface area (Å²) in [6, 6.07) is 13.7. The van der Waals surface area contributed by atoms with Gasteiger partial charge in [0.2, 0.25) is 0 Å². The molecule has 3 N–H and O–H groups in total. The van der Waals surface area contributed by atoms with Crippen molar-refractivity contribution in [2.24, 2.45) is 0 Å². The number of alkyl halides is 2. The van der Waals surface area contributed by atoms with Crippen molar-refractivity contribution in [3.8, 4) is 11.5 Å². The summed E-state index contributed by atoms with van der Waals surface area (Å²) in [5.74, 6) is 1.19. The molecule has 2 saturated heterocycles. The first-order chi connectivity index (χ1) is 22.2. The molecular formula is C34H38F2N6O4. The molecule has 1 atom stereocenters. The molecule has 3 aliphatic heterocycles. The number of aromatic nitrogens is 2. The van der Waals surface area contributed by atoms with Crippen LogP contribution in [0.2, 0.25) is 0 Å². The molecule has 10 nitrogen and oxygen atoms in total. The zero-order valence-electron chi connectivity index (χ0n) is 25.9. The summed E-state index contributed by atoms with van der Waals surface area (Å²) in [7, 11) is 2.06.